The van der Waals surface area contributed by atoms with E-state index in [9.17, 15) is 9.90 Å². The summed E-state index contributed by atoms with van der Waals surface area (Å²) in [5.41, 5.74) is 3.10. The third-order valence-corrected chi connectivity index (χ3v) is 4.97. The van der Waals surface area contributed by atoms with Crippen molar-refractivity contribution in [1.82, 2.24) is 24.9 Å². The van der Waals surface area contributed by atoms with Crippen LogP contribution < -0.4 is 5.32 Å². The number of nitrogens with one attached hydrogen (secondary N) is 1. The van der Waals surface area contributed by atoms with E-state index < -0.39 is 0 Å². The minimum atomic E-state index is -0.265. The van der Waals surface area contributed by atoms with Crippen molar-refractivity contribution < 1.29 is 9.90 Å². The van der Waals surface area contributed by atoms with Gasteiger partial charge in [-0.2, -0.15) is 5.10 Å². The van der Waals surface area contributed by atoms with Crippen LogP contribution in [-0.4, -0.2) is 42.7 Å². The lowest BCUT2D eigenvalue weighted by molar-refractivity contribution is 0.0239. The summed E-state index contributed by atoms with van der Waals surface area (Å²) in [5.74, 6) is 0.0796. The van der Waals surface area contributed by atoms with Crippen LogP contribution in [0.1, 0.15) is 34.3 Å². The predicted octanol–water partition coefficient (Wildman–Crippen LogP) is 1.54. The molecule has 1 aliphatic carbocycles. The van der Waals surface area contributed by atoms with Crippen LogP contribution >= 0.6 is 0 Å². The highest BCUT2D eigenvalue weighted by Crippen LogP contribution is 2.32. The molecule has 7 heteroatoms. The molecule has 1 fully saturated rings. The molecule has 1 atom stereocenters. The zero-order valence-corrected chi connectivity index (χ0v) is 14.5. The molecule has 4 rings (SSSR count). The molecule has 3 aromatic rings. The Morgan fingerprint density at radius 1 is 1.35 bits per heavy atom. The van der Waals surface area contributed by atoms with Crippen molar-refractivity contribution in [3.8, 4) is 0 Å². The molecule has 0 bridgehead atoms. The fourth-order valence-electron chi connectivity index (χ4n) is 3.44. The van der Waals surface area contributed by atoms with Gasteiger partial charge in [-0.15, -0.1) is 0 Å². The lowest BCUT2D eigenvalue weighted by Crippen LogP contribution is -2.48. The number of hydrogen-bond acceptors (Lipinski definition) is 5. The van der Waals surface area contributed by atoms with Crippen molar-refractivity contribution in [2.45, 2.75) is 38.3 Å². The maximum absolute atomic E-state index is 12.9. The summed E-state index contributed by atoms with van der Waals surface area (Å²) in [5, 5.41) is 17.0. The van der Waals surface area contributed by atoms with E-state index in [0.717, 1.165) is 11.1 Å². The molecule has 2 N–H and O–H groups in total. The number of fused-ring (bicyclic) bond motifs is 1. The number of aromatic nitrogens is 4. The van der Waals surface area contributed by atoms with Gasteiger partial charge in [0.15, 0.2) is 5.65 Å². The average molecular weight is 351 g/mol. The van der Waals surface area contributed by atoms with E-state index in [0.29, 0.717) is 30.5 Å². The SMILES string of the molecule is Cc1cnc2c(C(=O)N[C@H](Cc3ccncc3)C3CC(O)C3)cnn2c1. The first-order valence-electron chi connectivity index (χ1n) is 8.78. The number of carbonyl (C=O) groups is 1. The van der Waals surface area contributed by atoms with Crippen LogP contribution in [0.2, 0.25) is 0 Å². The maximum Gasteiger partial charge on any atom is 0.257 e. The highest BCUT2D eigenvalue weighted by atomic mass is 16.3. The van der Waals surface area contributed by atoms with Crippen molar-refractivity contribution in [3.05, 3.63) is 59.8 Å². The Labute approximate surface area is 151 Å². The van der Waals surface area contributed by atoms with Gasteiger partial charge >= 0.3 is 0 Å². The van der Waals surface area contributed by atoms with Crippen LogP contribution in [0.3, 0.4) is 0 Å². The number of aliphatic hydroxyl groups excluding tert-OH is 1. The summed E-state index contributed by atoms with van der Waals surface area (Å²) in [7, 11) is 0. The van der Waals surface area contributed by atoms with Gasteiger partial charge in [0.1, 0.15) is 5.56 Å². The topological polar surface area (TPSA) is 92.4 Å². The Balaban J connectivity index is 1.55. The normalized spacial score (nSPS) is 20.5. The fourth-order valence-corrected chi connectivity index (χ4v) is 3.44. The maximum atomic E-state index is 12.9. The van der Waals surface area contributed by atoms with Gasteiger partial charge < -0.3 is 10.4 Å². The Kier molecular flexibility index (Phi) is 4.38. The lowest BCUT2D eigenvalue weighted by Gasteiger charge is -2.38. The molecule has 0 saturated heterocycles. The number of carbonyl (C=O) groups excluding carboxylic acids is 1. The first-order valence-corrected chi connectivity index (χ1v) is 8.78. The minimum absolute atomic E-state index is 0.0475. The predicted molar refractivity (Wildman–Crippen MR) is 95.7 cm³/mol. The van der Waals surface area contributed by atoms with Gasteiger partial charge in [-0.25, -0.2) is 9.50 Å². The van der Waals surface area contributed by atoms with Gasteiger partial charge in [0.05, 0.1) is 12.3 Å². The van der Waals surface area contributed by atoms with Crippen molar-refractivity contribution in [2.24, 2.45) is 5.92 Å². The van der Waals surface area contributed by atoms with E-state index in [2.05, 4.69) is 20.4 Å². The van der Waals surface area contributed by atoms with E-state index in [1.807, 2.05) is 25.3 Å². The van der Waals surface area contributed by atoms with Crippen molar-refractivity contribution >= 4 is 11.6 Å². The van der Waals surface area contributed by atoms with Crippen molar-refractivity contribution in [2.75, 3.05) is 0 Å². The van der Waals surface area contributed by atoms with Crippen LogP contribution in [0, 0.1) is 12.8 Å². The molecule has 0 spiro atoms. The second kappa shape index (κ2) is 6.84. The molecule has 0 unspecified atom stereocenters. The van der Waals surface area contributed by atoms with Gasteiger partial charge in [-0.1, -0.05) is 0 Å². The fraction of sp³-hybridized carbons (Fsp3) is 0.368. The molecule has 0 aliphatic heterocycles. The molecule has 3 aromatic heterocycles. The smallest absolute Gasteiger partial charge is 0.257 e. The largest absolute Gasteiger partial charge is 0.393 e. The summed E-state index contributed by atoms with van der Waals surface area (Å²) >= 11 is 0. The third-order valence-electron chi connectivity index (χ3n) is 4.97. The highest BCUT2D eigenvalue weighted by molar-refractivity contribution is 5.99. The lowest BCUT2D eigenvalue weighted by atomic mass is 9.75. The van der Waals surface area contributed by atoms with Gasteiger partial charge in [0.25, 0.3) is 5.91 Å². The number of aryl methyl sites for hydroxylation is 1. The standard InChI is InChI=1S/C19H21N5O2/c1-12-9-21-18-16(10-22-24(18)11-12)19(26)23-17(14-7-15(25)8-14)6-13-2-4-20-5-3-13/h2-5,9-11,14-15,17,25H,6-8H2,1H3,(H,23,26)/t14?,15?,17-/m1/s1. The van der Waals surface area contributed by atoms with Crippen molar-refractivity contribution in [3.63, 3.8) is 0 Å². The first kappa shape index (κ1) is 16.7. The van der Waals surface area contributed by atoms with E-state index in [1.54, 1.807) is 29.3 Å². The van der Waals surface area contributed by atoms with Crippen molar-refractivity contribution in [1.29, 1.82) is 0 Å². The summed E-state index contributed by atoms with van der Waals surface area (Å²) in [4.78, 5) is 21.2. The molecular weight excluding hydrogens is 330 g/mol. The number of amides is 1. The van der Waals surface area contributed by atoms with Crippen LogP contribution in [0.15, 0.2) is 43.1 Å². The quantitative estimate of drug-likeness (QED) is 0.727. The van der Waals surface area contributed by atoms with Gasteiger partial charge in [-0.05, 0) is 55.4 Å². The Morgan fingerprint density at radius 2 is 2.12 bits per heavy atom. The number of aliphatic hydroxyl groups is 1. The van der Waals surface area contributed by atoms with E-state index in [4.69, 9.17) is 0 Å². The summed E-state index contributed by atoms with van der Waals surface area (Å²) < 4.78 is 1.62. The van der Waals surface area contributed by atoms with E-state index >= 15 is 0 Å². The molecule has 3 heterocycles. The monoisotopic (exact) mass is 351 g/mol. The second-order valence-electron chi connectivity index (χ2n) is 6.98. The zero-order chi connectivity index (χ0) is 18.1. The second-order valence-corrected chi connectivity index (χ2v) is 6.98. The molecule has 0 aromatic carbocycles. The number of hydrogen-bond donors (Lipinski definition) is 2. The Hall–Kier alpha value is -2.80. The van der Waals surface area contributed by atoms with Crippen LogP contribution in [-0.2, 0) is 6.42 Å². The summed E-state index contributed by atoms with van der Waals surface area (Å²) in [6.07, 6.45) is 10.5. The highest BCUT2D eigenvalue weighted by Gasteiger charge is 2.35. The van der Waals surface area contributed by atoms with E-state index in [-0.39, 0.29) is 24.0 Å². The zero-order valence-electron chi connectivity index (χ0n) is 14.5. The molecular formula is C19H21N5O2. The molecule has 1 saturated carbocycles. The van der Waals surface area contributed by atoms with Crippen LogP contribution in [0.4, 0.5) is 0 Å². The van der Waals surface area contributed by atoms with Crippen LogP contribution in [0.5, 0.6) is 0 Å². The van der Waals surface area contributed by atoms with E-state index in [1.165, 1.54) is 0 Å². The summed E-state index contributed by atoms with van der Waals surface area (Å²) in [6, 6.07) is 3.86. The summed E-state index contributed by atoms with van der Waals surface area (Å²) in [6.45, 7) is 1.93. The van der Waals surface area contributed by atoms with Gasteiger partial charge in [0, 0.05) is 30.8 Å². The molecule has 26 heavy (non-hydrogen) atoms. The van der Waals surface area contributed by atoms with Gasteiger partial charge in [0.2, 0.25) is 0 Å². The first-order chi connectivity index (χ1) is 12.6. The Bertz CT molecular complexity index is 918. The molecule has 7 nitrogen and oxygen atoms in total. The minimum Gasteiger partial charge on any atom is -0.393 e. The Morgan fingerprint density at radius 3 is 2.85 bits per heavy atom. The average Bonchev–Trinajstić information content (AvgIpc) is 3.02. The molecule has 1 aliphatic rings. The number of nitrogens with zero attached hydrogens (tertiary/aromatic N) is 4. The van der Waals surface area contributed by atoms with Gasteiger partial charge in [-0.3, -0.25) is 9.78 Å². The van der Waals surface area contributed by atoms with Crippen LogP contribution in [0.25, 0.3) is 5.65 Å². The molecule has 0 radical (unpaired) electrons. The molecule has 1 amide bonds. The molecule has 134 valence electrons. The number of pyridine rings is 1. The number of rotatable bonds is 5. The third kappa shape index (κ3) is 3.30.